The summed E-state index contributed by atoms with van der Waals surface area (Å²) in [5, 5.41) is 17.6. The Morgan fingerprint density at radius 2 is 1.91 bits per heavy atom. The fourth-order valence-corrected chi connectivity index (χ4v) is 3.74. The van der Waals surface area contributed by atoms with Crippen LogP contribution in [0.5, 0.6) is 0 Å². The zero-order chi connectivity index (χ0) is 23.4. The summed E-state index contributed by atoms with van der Waals surface area (Å²) in [6.45, 7) is 1.54. The number of nitrogens with one attached hydrogen (secondary N) is 1. The SMILES string of the molecule is CN(C)C=Nn1cc(-c2ccc(Cl)cc2)cc1C(=O)Nc1ccc(N2CCC(O)CC2)nc1. The van der Waals surface area contributed by atoms with E-state index in [4.69, 9.17) is 11.6 Å². The Hall–Kier alpha value is -3.36. The van der Waals surface area contributed by atoms with E-state index in [0.717, 1.165) is 42.9 Å². The van der Waals surface area contributed by atoms with Crippen molar-refractivity contribution in [3.8, 4) is 11.1 Å². The maximum Gasteiger partial charge on any atom is 0.274 e. The van der Waals surface area contributed by atoms with Gasteiger partial charge in [0.05, 0.1) is 18.0 Å². The van der Waals surface area contributed by atoms with Gasteiger partial charge >= 0.3 is 0 Å². The fourth-order valence-electron chi connectivity index (χ4n) is 3.61. The number of nitrogens with zero attached hydrogens (tertiary/aromatic N) is 5. The van der Waals surface area contributed by atoms with E-state index in [1.54, 1.807) is 28.2 Å². The number of carbonyl (C=O) groups is 1. The van der Waals surface area contributed by atoms with Crippen molar-refractivity contribution in [2.24, 2.45) is 5.10 Å². The Balaban J connectivity index is 1.53. The molecule has 1 fully saturated rings. The van der Waals surface area contributed by atoms with E-state index in [-0.39, 0.29) is 12.0 Å². The molecular weight excluding hydrogens is 440 g/mol. The summed E-state index contributed by atoms with van der Waals surface area (Å²) < 4.78 is 1.56. The number of rotatable bonds is 6. The molecule has 0 saturated carbocycles. The maximum absolute atomic E-state index is 13.1. The van der Waals surface area contributed by atoms with Crippen molar-refractivity contribution in [1.82, 2.24) is 14.6 Å². The average Bonchev–Trinajstić information content (AvgIpc) is 3.24. The van der Waals surface area contributed by atoms with E-state index >= 15 is 0 Å². The molecule has 2 N–H and O–H groups in total. The van der Waals surface area contributed by atoms with E-state index in [2.05, 4.69) is 20.3 Å². The molecule has 0 unspecified atom stereocenters. The van der Waals surface area contributed by atoms with Gasteiger partial charge in [0, 0.05) is 44.0 Å². The molecule has 2 aromatic heterocycles. The number of anilines is 2. The molecule has 1 aliphatic heterocycles. The van der Waals surface area contributed by atoms with E-state index in [9.17, 15) is 9.90 Å². The molecule has 0 atom stereocenters. The normalized spacial score (nSPS) is 14.6. The Morgan fingerprint density at radius 3 is 2.55 bits per heavy atom. The number of hydrogen-bond acceptors (Lipinski definition) is 5. The summed E-state index contributed by atoms with van der Waals surface area (Å²) in [5.74, 6) is 0.547. The standard InChI is InChI=1S/C24H27ClN6O2/c1-29(2)16-27-31-15-18(17-3-5-19(25)6-4-17)13-22(31)24(33)28-20-7-8-23(26-14-20)30-11-9-21(32)10-12-30/h3-8,13-16,21,32H,9-12H2,1-2H3,(H,28,33). The van der Waals surface area contributed by atoms with Gasteiger partial charge in [0.25, 0.3) is 5.91 Å². The minimum atomic E-state index is -0.290. The van der Waals surface area contributed by atoms with Gasteiger partial charge < -0.3 is 20.2 Å². The minimum absolute atomic E-state index is 0.232. The van der Waals surface area contributed by atoms with E-state index < -0.39 is 0 Å². The van der Waals surface area contributed by atoms with E-state index in [1.807, 2.05) is 56.7 Å². The van der Waals surface area contributed by atoms with Gasteiger partial charge in [-0.1, -0.05) is 23.7 Å². The minimum Gasteiger partial charge on any atom is -0.393 e. The molecule has 9 heteroatoms. The monoisotopic (exact) mass is 466 g/mol. The Kier molecular flexibility index (Phi) is 6.96. The molecule has 3 aromatic rings. The van der Waals surface area contributed by atoms with Crippen molar-refractivity contribution in [3.63, 3.8) is 0 Å². The van der Waals surface area contributed by atoms with Crippen LogP contribution in [0.3, 0.4) is 0 Å². The first-order valence-electron chi connectivity index (χ1n) is 10.8. The Morgan fingerprint density at radius 1 is 1.18 bits per heavy atom. The van der Waals surface area contributed by atoms with Gasteiger partial charge in [0.2, 0.25) is 0 Å². The van der Waals surface area contributed by atoms with Crippen LogP contribution < -0.4 is 10.2 Å². The third-order valence-electron chi connectivity index (χ3n) is 5.41. The summed E-state index contributed by atoms with van der Waals surface area (Å²) >= 11 is 6.01. The van der Waals surface area contributed by atoms with Gasteiger partial charge in [0.15, 0.2) is 0 Å². The van der Waals surface area contributed by atoms with E-state index in [0.29, 0.717) is 16.4 Å². The predicted molar refractivity (Wildman–Crippen MR) is 132 cm³/mol. The van der Waals surface area contributed by atoms with Crippen LogP contribution in [0, 0.1) is 0 Å². The second-order valence-electron chi connectivity index (χ2n) is 8.24. The number of aromatic nitrogens is 2. The van der Waals surface area contributed by atoms with E-state index in [1.165, 1.54) is 0 Å². The third kappa shape index (κ3) is 5.71. The number of amides is 1. The van der Waals surface area contributed by atoms with Crippen LogP contribution in [0.4, 0.5) is 11.5 Å². The molecule has 172 valence electrons. The number of aliphatic hydroxyl groups excluding tert-OH is 1. The summed E-state index contributed by atoms with van der Waals surface area (Å²) in [4.78, 5) is 21.5. The highest BCUT2D eigenvalue weighted by atomic mass is 35.5. The second-order valence-corrected chi connectivity index (χ2v) is 8.67. The number of aliphatic hydroxyl groups is 1. The Labute approximate surface area is 198 Å². The lowest BCUT2D eigenvalue weighted by Crippen LogP contribution is -2.36. The molecule has 8 nitrogen and oxygen atoms in total. The largest absolute Gasteiger partial charge is 0.393 e. The van der Waals surface area contributed by atoms with Crippen LogP contribution in [-0.2, 0) is 0 Å². The predicted octanol–water partition coefficient (Wildman–Crippen LogP) is 3.77. The van der Waals surface area contributed by atoms with Crippen LogP contribution in [0.1, 0.15) is 23.3 Å². The zero-order valence-corrected chi connectivity index (χ0v) is 19.4. The fraction of sp³-hybridized carbons (Fsp3) is 0.292. The lowest BCUT2D eigenvalue weighted by molar-refractivity contribution is 0.101. The summed E-state index contributed by atoms with van der Waals surface area (Å²) in [5.41, 5.74) is 2.78. The number of hydrogen-bond donors (Lipinski definition) is 2. The van der Waals surface area contributed by atoms with Gasteiger partial charge in [0.1, 0.15) is 17.9 Å². The van der Waals surface area contributed by atoms with Crippen LogP contribution in [-0.4, -0.2) is 65.2 Å². The maximum atomic E-state index is 13.1. The number of benzene rings is 1. The summed E-state index contributed by atoms with van der Waals surface area (Å²) in [6.07, 6.45) is 6.33. The number of halogens is 1. The third-order valence-corrected chi connectivity index (χ3v) is 5.66. The first kappa shape index (κ1) is 22.8. The summed E-state index contributed by atoms with van der Waals surface area (Å²) in [7, 11) is 3.73. The average molecular weight is 467 g/mol. The smallest absolute Gasteiger partial charge is 0.274 e. The van der Waals surface area contributed by atoms with Crippen molar-refractivity contribution in [1.29, 1.82) is 0 Å². The second kappa shape index (κ2) is 10.1. The first-order valence-corrected chi connectivity index (χ1v) is 11.2. The molecule has 0 bridgehead atoms. The zero-order valence-electron chi connectivity index (χ0n) is 18.6. The molecule has 1 aromatic carbocycles. The van der Waals surface area contributed by atoms with Crippen LogP contribution >= 0.6 is 11.6 Å². The first-order chi connectivity index (χ1) is 15.9. The van der Waals surface area contributed by atoms with Crippen molar-refractivity contribution in [2.45, 2.75) is 18.9 Å². The lowest BCUT2D eigenvalue weighted by atomic mass is 10.1. The molecule has 3 heterocycles. The highest BCUT2D eigenvalue weighted by Crippen LogP contribution is 2.25. The molecule has 0 radical (unpaired) electrons. The molecule has 33 heavy (non-hydrogen) atoms. The molecule has 4 rings (SSSR count). The molecule has 0 spiro atoms. The van der Waals surface area contributed by atoms with Crippen molar-refractivity contribution >= 4 is 35.4 Å². The highest BCUT2D eigenvalue weighted by molar-refractivity contribution is 6.30. The Bertz CT molecular complexity index is 1120. The van der Waals surface area contributed by atoms with Crippen LogP contribution in [0.25, 0.3) is 11.1 Å². The number of carbonyl (C=O) groups excluding carboxylic acids is 1. The molecular formula is C24H27ClN6O2. The van der Waals surface area contributed by atoms with Crippen LogP contribution in [0.15, 0.2) is 60.0 Å². The van der Waals surface area contributed by atoms with Gasteiger partial charge in [-0.3, -0.25) is 4.79 Å². The van der Waals surface area contributed by atoms with Gasteiger partial charge in [-0.25, -0.2) is 9.66 Å². The van der Waals surface area contributed by atoms with Gasteiger partial charge in [-0.05, 0) is 48.7 Å². The summed E-state index contributed by atoms with van der Waals surface area (Å²) in [6, 6.07) is 13.0. The molecule has 0 aliphatic carbocycles. The number of pyridine rings is 1. The highest BCUT2D eigenvalue weighted by Gasteiger charge is 2.19. The van der Waals surface area contributed by atoms with Crippen molar-refractivity contribution in [2.75, 3.05) is 37.4 Å². The van der Waals surface area contributed by atoms with Crippen molar-refractivity contribution in [3.05, 3.63) is 65.6 Å². The van der Waals surface area contributed by atoms with Gasteiger partial charge in [-0.15, -0.1) is 0 Å². The molecule has 1 aliphatic rings. The van der Waals surface area contributed by atoms with Gasteiger partial charge in [-0.2, -0.15) is 5.10 Å². The van der Waals surface area contributed by atoms with Crippen LogP contribution in [0.2, 0.25) is 5.02 Å². The quantitative estimate of drug-likeness (QED) is 0.426. The molecule has 1 saturated heterocycles. The number of piperidine rings is 1. The topological polar surface area (TPSA) is 86.0 Å². The lowest BCUT2D eigenvalue weighted by Gasteiger charge is -2.30. The molecule has 1 amide bonds. The van der Waals surface area contributed by atoms with Crippen molar-refractivity contribution < 1.29 is 9.90 Å².